The highest BCUT2D eigenvalue weighted by Crippen LogP contribution is 2.34. The van der Waals surface area contributed by atoms with Gasteiger partial charge in [0.05, 0.1) is 5.60 Å². The number of hydrogen-bond donors (Lipinski definition) is 1. The SMILES string of the molecule is CCCC1CCCC(O)(Cc2cc(F)cc(F)c2)CC1. The van der Waals surface area contributed by atoms with E-state index in [0.29, 0.717) is 17.9 Å². The Kier molecular flexibility index (Phi) is 5.14. The van der Waals surface area contributed by atoms with E-state index < -0.39 is 17.2 Å². The van der Waals surface area contributed by atoms with Crippen LogP contribution in [0.3, 0.4) is 0 Å². The van der Waals surface area contributed by atoms with Crippen molar-refractivity contribution in [3.05, 3.63) is 35.4 Å². The summed E-state index contributed by atoms with van der Waals surface area (Å²) in [6.07, 6.45) is 7.37. The summed E-state index contributed by atoms with van der Waals surface area (Å²) in [5.41, 5.74) is -0.248. The molecule has 0 amide bonds. The normalized spacial score (nSPS) is 27.3. The van der Waals surface area contributed by atoms with Gasteiger partial charge in [-0.25, -0.2) is 8.78 Å². The number of rotatable bonds is 4. The Labute approximate surface area is 120 Å². The lowest BCUT2D eigenvalue weighted by molar-refractivity contribution is 0.0240. The first-order chi connectivity index (χ1) is 9.50. The Hall–Kier alpha value is -0.960. The molecule has 1 saturated carbocycles. The molecular formula is C17H24F2O. The molecule has 1 nitrogen and oxygen atoms in total. The first kappa shape index (κ1) is 15.4. The van der Waals surface area contributed by atoms with Crippen molar-refractivity contribution in [2.24, 2.45) is 5.92 Å². The van der Waals surface area contributed by atoms with Gasteiger partial charge in [0.25, 0.3) is 0 Å². The van der Waals surface area contributed by atoms with Gasteiger partial charge in [-0.05, 0) is 42.9 Å². The summed E-state index contributed by atoms with van der Waals surface area (Å²) in [4.78, 5) is 0. The molecule has 0 aliphatic heterocycles. The Balaban J connectivity index is 2.03. The molecule has 2 unspecified atom stereocenters. The number of aliphatic hydroxyl groups is 1. The molecule has 1 N–H and O–H groups in total. The van der Waals surface area contributed by atoms with Gasteiger partial charge < -0.3 is 5.11 Å². The van der Waals surface area contributed by atoms with Crippen molar-refractivity contribution in [2.45, 2.75) is 63.9 Å². The molecule has 0 aromatic heterocycles. The third-order valence-corrected chi connectivity index (χ3v) is 4.42. The van der Waals surface area contributed by atoms with Crippen LogP contribution in [0.1, 0.15) is 57.4 Å². The van der Waals surface area contributed by atoms with E-state index >= 15 is 0 Å². The lowest BCUT2D eigenvalue weighted by atomic mass is 9.86. The Morgan fingerprint density at radius 2 is 1.85 bits per heavy atom. The number of benzene rings is 1. The first-order valence-electron chi connectivity index (χ1n) is 7.68. The standard InChI is InChI=1S/C17H24F2O/c1-2-4-13-5-3-7-17(20,8-6-13)12-14-9-15(18)11-16(19)10-14/h9-11,13,20H,2-8,12H2,1H3. The van der Waals surface area contributed by atoms with Gasteiger partial charge in [0.1, 0.15) is 11.6 Å². The molecule has 1 aromatic carbocycles. The zero-order valence-electron chi connectivity index (χ0n) is 12.2. The first-order valence-corrected chi connectivity index (χ1v) is 7.68. The van der Waals surface area contributed by atoms with Gasteiger partial charge in [-0.3, -0.25) is 0 Å². The highest BCUT2D eigenvalue weighted by Gasteiger charge is 2.31. The lowest BCUT2D eigenvalue weighted by Crippen LogP contribution is -2.30. The number of hydrogen-bond acceptors (Lipinski definition) is 1. The highest BCUT2D eigenvalue weighted by atomic mass is 19.1. The lowest BCUT2D eigenvalue weighted by Gasteiger charge is -2.27. The molecule has 2 rings (SSSR count). The van der Waals surface area contributed by atoms with E-state index in [1.165, 1.54) is 25.0 Å². The topological polar surface area (TPSA) is 20.2 Å². The average molecular weight is 282 g/mol. The molecule has 3 heteroatoms. The third-order valence-electron chi connectivity index (χ3n) is 4.42. The van der Waals surface area contributed by atoms with E-state index in [0.717, 1.165) is 38.2 Å². The van der Waals surface area contributed by atoms with Crippen LogP contribution in [0.25, 0.3) is 0 Å². The zero-order valence-corrected chi connectivity index (χ0v) is 12.2. The van der Waals surface area contributed by atoms with Crippen molar-refractivity contribution in [2.75, 3.05) is 0 Å². The van der Waals surface area contributed by atoms with E-state index in [-0.39, 0.29) is 0 Å². The minimum absolute atomic E-state index is 0.348. The molecule has 1 aromatic rings. The van der Waals surface area contributed by atoms with Crippen LogP contribution >= 0.6 is 0 Å². The molecule has 1 aliphatic rings. The summed E-state index contributed by atoms with van der Waals surface area (Å²) >= 11 is 0. The maximum absolute atomic E-state index is 13.2. The van der Waals surface area contributed by atoms with Gasteiger partial charge >= 0.3 is 0 Å². The van der Waals surface area contributed by atoms with Crippen molar-refractivity contribution in [1.29, 1.82) is 0 Å². The van der Waals surface area contributed by atoms with Crippen LogP contribution < -0.4 is 0 Å². The predicted octanol–water partition coefficient (Wildman–Crippen LogP) is 4.62. The minimum Gasteiger partial charge on any atom is -0.390 e. The van der Waals surface area contributed by atoms with Crippen molar-refractivity contribution in [1.82, 2.24) is 0 Å². The van der Waals surface area contributed by atoms with Crippen molar-refractivity contribution >= 4 is 0 Å². The molecule has 0 radical (unpaired) electrons. The van der Waals surface area contributed by atoms with E-state index in [2.05, 4.69) is 6.92 Å². The van der Waals surface area contributed by atoms with Crippen LogP contribution in [0, 0.1) is 17.6 Å². The largest absolute Gasteiger partial charge is 0.390 e. The van der Waals surface area contributed by atoms with Crippen LogP contribution in [-0.4, -0.2) is 10.7 Å². The Morgan fingerprint density at radius 3 is 2.50 bits per heavy atom. The summed E-state index contributed by atoms with van der Waals surface area (Å²) in [5, 5.41) is 10.7. The monoisotopic (exact) mass is 282 g/mol. The van der Waals surface area contributed by atoms with Gasteiger partial charge in [0.2, 0.25) is 0 Å². The summed E-state index contributed by atoms with van der Waals surface area (Å²) in [5.74, 6) is -0.444. The fraction of sp³-hybridized carbons (Fsp3) is 0.647. The second kappa shape index (κ2) is 6.66. The molecule has 112 valence electrons. The van der Waals surface area contributed by atoms with Crippen LogP contribution in [0.5, 0.6) is 0 Å². The molecule has 1 aliphatic carbocycles. The average Bonchev–Trinajstić information content (AvgIpc) is 2.51. The van der Waals surface area contributed by atoms with Gasteiger partial charge in [0.15, 0.2) is 0 Å². The van der Waals surface area contributed by atoms with E-state index in [9.17, 15) is 13.9 Å². The summed E-state index contributed by atoms with van der Waals surface area (Å²) in [6, 6.07) is 3.53. The van der Waals surface area contributed by atoms with E-state index in [1.807, 2.05) is 0 Å². The predicted molar refractivity (Wildman–Crippen MR) is 76.5 cm³/mol. The fourth-order valence-electron chi connectivity index (χ4n) is 3.43. The number of halogens is 2. The van der Waals surface area contributed by atoms with Gasteiger partial charge in [-0.1, -0.05) is 32.6 Å². The smallest absolute Gasteiger partial charge is 0.126 e. The Bertz CT molecular complexity index is 426. The maximum Gasteiger partial charge on any atom is 0.126 e. The highest BCUT2D eigenvalue weighted by molar-refractivity contribution is 5.20. The van der Waals surface area contributed by atoms with Crippen LogP contribution in [-0.2, 0) is 6.42 Å². The maximum atomic E-state index is 13.2. The fourth-order valence-corrected chi connectivity index (χ4v) is 3.43. The van der Waals surface area contributed by atoms with Crippen LogP contribution in [0.15, 0.2) is 18.2 Å². The Morgan fingerprint density at radius 1 is 1.15 bits per heavy atom. The summed E-state index contributed by atoms with van der Waals surface area (Å²) in [6.45, 7) is 2.19. The quantitative estimate of drug-likeness (QED) is 0.799. The molecule has 2 atom stereocenters. The van der Waals surface area contributed by atoms with E-state index in [1.54, 1.807) is 0 Å². The molecule has 0 spiro atoms. The third kappa shape index (κ3) is 4.27. The van der Waals surface area contributed by atoms with Gasteiger partial charge in [-0.2, -0.15) is 0 Å². The molecule has 0 heterocycles. The zero-order chi connectivity index (χ0) is 14.6. The molecular weight excluding hydrogens is 258 g/mol. The van der Waals surface area contributed by atoms with Crippen LogP contribution in [0.4, 0.5) is 8.78 Å². The van der Waals surface area contributed by atoms with Gasteiger partial charge in [-0.15, -0.1) is 0 Å². The molecule has 20 heavy (non-hydrogen) atoms. The second-order valence-electron chi connectivity index (χ2n) is 6.26. The van der Waals surface area contributed by atoms with Crippen molar-refractivity contribution in [3.63, 3.8) is 0 Å². The van der Waals surface area contributed by atoms with Crippen molar-refractivity contribution < 1.29 is 13.9 Å². The minimum atomic E-state index is -0.803. The van der Waals surface area contributed by atoms with Gasteiger partial charge in [0, 0.05) is 12.5 Å². The molecule has 1 fully saturated rings. The second-order valence-corrected chi connectivity index (χ2v) is 6.26. The summed E-state index contributed by atoms with van der Waals surface area (Å²) < 4.78 is 26.5. The van der Waals surface area contributed by atoms with Crippen LogP contribution in [0.2, 0.25) is 0 Å². The summed E-state index contributed by atoms with van der Waals surface area (Å²) in [7, 11) is 0. The van der Waals surface area contributed by atoms with Crippen molar-refractivity contribution in [3.8, 4) is 0 Å². The molecule has 0 saturated heterocycles. The molecule has 0 bridgehead atoms. The van der Waals surface area contributed by atoms with E-state index in [4.69, 9.17) is 0 Å².